The zero-order valence-corrected chi connectivity index (χ0v) is 8.72. The Balaban J connectivity index is 2.08. The van der Waals surface area contributed by atoms with Crippen LogP contribution in [0, 0.1) is 5.92 Å². The third-order valence-electron chi connectivity index (χ3n) is 2.72. The Bertz CT molecular complexity index is 321. The molecule has 3 heteroatoms. The van der Waals surface area contributed by atoms with E-state index in [1.54, 1.807) is 6.07 Å². The fourth-order valence-corrected chi connectivity index (χ4v) is 2.08. The van der Waals surface area contributed by atoms with E-state index in [2.05, 4.69) is 5.32 Å². The van der Waals surface area contributed by atoms with E-state index in [9.17, 15) is 5.11 Å². The highest BCUT2D eigenvalue weighted by atomic mass is 35.5. The highest BCUT2D eigenvalue weighted by Gasteiger charge is 2.16. The van der Waals surface area contributed by atoms with Gasteiger partial charge in [0.15, 0.2) is 0 Å². The molecule has 0 spiro atoms. The van der Waals surface area contributed by atoms with Crippen molar-refractivity contribution in [1.82, 2.24) is 5.32 Å². The summed E-state index contributed by atoms with van der Waals surface area (Å²) in [6, 6.07) is 5.36. The van der Waals surface area contributed by atoms with Gasteiger partial charge in [-0.2, -0.15) is 0 Å². The van der Waals surface area contributed by atoms with E-state index in [0.29, 0.717) is 16.7 Å². The van der Waals surface area contributed by atoms with Gasteiger partial charge in [-0.15, -0.1) is 0 Å². The summed E-state index contributed by atoms with van der Waals surface area (Å²) in [6.07, 6.45) is 2.14. The van der Waals surface area contributed by atoms with Gasteiger partial charge in [-0.1, -0.05) is 17.7 Å². The number of phenolic OH excluding ortho intramolecular Hbond substituents is 1. The predicted octanol–water partition coefficient (Wildman–Crippen LogP) is 2.20. The van der Waals surface area contributed by atoms with Crippen LogP contribution in [0.15, 0.2) is 18.2 Å². The Morgan fingerprint density at radius 2 is 2.36 bits per heavy atom. The molecule has 1 saturated heterocycles. The number of aromatic hydroxyl groups is 1. The molecule has 1 fully saturated rings. The van der Waals surface area contributed by atoms with Gasteiger partial charge in [-0.25, -0.2) is 0 Å². The van der Waals surface area contributed by atoms with Gasteiger partial charge in [0.25, 0.3) is 0 Å². The maximum absolute atomic E-state index is 9.65. The fourth-order valence-electron chi connectivity index (χ4n) is 1.91. The molecule has 76 valence electrons. The van der Waals surface area contributed by atoms with Crippen molar-refractivity contribution in [1.29, 1.82) is 0 Å². The predicted molar refractivity (Wildman–Crippen MR) is 57.8 cm³/mol. The van der Waals surface area contributed by atoms with E-state index < -0.39 is 0 Å². The van der Waals surface area contributed by atoms with E-state index in [0.717, 1.165) is 25.1 Å². The molecule has 1 heterocycles. The molecule has 0 saturated carbocycles. The number of hydrogen-bond acceptors (Lipinski definition) is 2. The molecule has 2 N–H and O–H groups in total. The molecule has 0 aromatic heterocycles. The van der Waals surface area contributed by atoms with Crippen molar-refractivity contribution in [3.63, 3.8) is 0 Å². The van der Waals surface area contributed by atoms with Gasteiger partial charge < -0.3 is 10.4 Å². The van der Waals surface area contributed by atoms with Crippen LogP contribution in [0.1, 0.15) is 12.0 Å². The van der Waals surface area contributed by atoms with Gasteiger partial charge in [-0.05, 0) is 49.5 Å². The van der Waals surface area contributed by atoms with E-state index >= 15 is 0 Å². The Morgan fingerprint density at radius 3 is 3.00 bits per heavy atom. The van der Waals surface area contributed by atoms with Crippen molar-refractivity contribution < 1.29 is 5.11 Å². The normalized spacial score (nSPS) is 21.4. The molecular weight excluding hydrogens is 198 g/mol. The number of halogens is 1. The summed E-state index contributed by atoms with van der Waals surface area (Å²) in [6.45, 7) is 2.15. The first-order valence-corrected chi connectivity index (χ1v) is 5.31. The van der Waals surface area contributed by atoms with Crippen molar-refractivity contribution in [3.05, 3.63) is 28.8 Å². The van der Waals surface area contributed by atoms with Crippen molar-refractivity contribution in [2.45, 2.75) is 12.8 Å². The van der Waals surface area contributed by atoms with Crippen LogP contribution in [-0.2, 0) is 6.42 Å². The van der Waals surface area contributed by atoms with Gasteiger partial charge in [0.2, 0.25) is 0 Å². The van der Waals surface area contributed by atoms with Crippen LogP contribution in [0.5, 0.6) is 5.75 Å². The Labute approximate surface area is 88.9 Å². The van der Waals surface area contributed by atoms with Gasteiger partial charge in [0, 0.05) is 5.02 Å². The van der Waals surface area contributed by atoms with E-state index in [-0.39, 0.29) is 0 Å². The van der Waals surface area contributed by atoms with E-state index in [4.69, 9.17) is 11.6 Å². The molecule has 1 unspecified atom stereocenters. The average Bonchev–Trinajstić information content (AvgIpc) is 2.62. The van der Waals surface area contributed by atoms with Crippen LogP contribution in [0.25, 0.3) is 0 Å². The molecule has 2 rings (SSSR count). The Morgan fingerprint density at radius 1 is 1.50 bits per heavy atom. The lowest BCUT2D eigenvalue weighted by molar-refractivity contribution is 0.459. The minimum atomic E-state index is 0.324. The highest BCUT2D eigenvalue weighted by molar-refractivity contribution is 6.30. The smallest absolute Gasteiger partial charge is 0.120 e. The SMILES string of the molecule is Oc1cc(Cl)ccc1CC1CCNC1. The minimum Gasteiger partial charge on any atom is -0.508 e. The molecule has 0 amide bonds. The summed E-state index contributed by atoms with van der Waals surface area (Å²) in [7, 11) is 0. The van der Waals surface area contributed by atoms with Gasteiger partial charge in [0.1, 0.15) is 5.75 Å². The minimum absolute atomic E-state index is 0.324. The van der Waals surface area contributed by atoms with Gasteiger partial charge in [0.05, 0.1) is 0 Å². The number of rotatable bonds is 2. The Hall–Kier alpha value is -0.730. The zero-order chi connectivity index (χ0) is 9.97. The van der Waals surface area contributed by atoms with Crippen LogP contribution in [0.2, 0.25) is 5.02 Å². The van der Waals surface area contributed by atoms with Crippen LogP contribution in [-0.4, -0.2) is 18.2 Å². The zero-order valence-electron chi connectivity index (χ0n) is 7.96. The number of nitrogens with one attached hydrogen (secondary N) is 1. The lowest BCUT2D eigenvalue weighted by Gasteiger charge is -2.09. The molecule has 1 aliphatic heterocycles. The van der Waals surface area contributed by atoms with Crippen molar-refractivity contribution in [3.8, 4) is 5.75 Å². The second-order valence-corrected chi connectivity index (χ2v) is 4.27. The van der Waals surface area contributed by atoms with Crippen LogP contribution in [0.3, 0.4) is 0 Å². The second-order valence-electron chi connectivity index (χ2n) is 3.84. The molecular formula is C11H14ClNO. The van der Waals surface area contributed by atoms with E-state index in [1.807, 2.05) is 12.1 Å². The van der Waals surface area contributed by atoms with Crippen LogP contribution < -0.4 is 5.32 Å². The standard InChI is InChI=1S/C11H14ClNO/c12-10-2-1-9(11(14)6-10)5-8-3-4-13-7-8/h1-2,6,8,13-14H,3-5,7H2. The molecule has 1 aliphatic rings. The summed E-state index contributed by atoms with van der Waals surface area (Å²) in [4.78, 5) is 0. The van der Waals surface area contributed by atoms with Gasteiger partial charge in [-0.3, -0.25) is 0 Å². The largest absolute Gasteiger partial charge is 0.508 e. The summed E-state index contributed by atoms with van der Waals surface area (Å²) in [5, 5.41) is 13.6. The summed E-state index contributed by atoms with van der Waals surface area (Å²) >= 11 is 5.76. The second kappa shape index (κ2) is 4.20. The quantitative estimate of drug-likeness (QED) is 0.786. The van der Waals surface area contributed by atoms with Crippen LogP contribution in [0.4, 0.5) is 0 Å². The highest BCUT2D eigenvalue weighted by Crippen LogP contribution is 2.25. The molecule has 1 aromatic carbocycles. The Kier molecular flexibility index (Phi) is 2.94. The molecule has 1 aromatic rings. The average molecular weight is 212 g/mol. The van der Waals surface area contributed by atoms with Gasteiger partial charge >= 0.3 is 0 Å². The number of phenols is 1. The lowest BCUT2D eigenvalue weighted by atomic mass is 9.98. The summed E-state index contributed by atoms with van der Waals surface area (Å²) < 4.78 is 0. The molecule has 0 aliphatic carbocycles. The van der Waals surface area contributed by atoms with Crippen molar-refractivity contribution >= 4 is 11.6 Å². The maximum Gasteiger partial charge on any atom is 0.120 e. The van der Waals surface area contributed by atoms with Crippen molar-refractivity contribution in [2.24, 2.45) is 5.92 Å². The molecule has 14 heavy (non-hydrogen) atoms. The van der Waals surface area contributed by atoms with Crippen molar-refractivity contribution in [2.75, 3.05) is 13.1 Å². The van der Waals surface area contributed by atoms with E-state index in [1.165, 1.54) is 6.42 Å². The van der Waals surface area contributed by atoms with Crippen LogP contribution >= 0.6 is 11.6 Å². The molecule has 2 nitrogen and oxygen atoms in total. The third-order valence-corrected chi connectivity index (χ3v) is 2.95. The number of hydrogen-bond donors (Lipinski definition) is 2. The fraction of sp³-hybridized carbons (Fsp3) is 0.455. The maximum atomic E-state index is 9.65. The monoisotopic (exact) mass is 211 g/mol. The third kappa shape index (κ3) is 2.20. The molecule has 1 atom stereocenters. The molecule has 0 bridgehead atoms. The first-order chi connectivity index (χ1) is 6.75. The summed E-state index contributed by atoms with van der Waals surface area (Å²) in [5.74, 6) is 0.978. The summed E-state index contributed by atoms with van der Waals surface area (Å²) in [5.41, 5.74) is 1.00. The first-order valence-electron chi connectivity index (χ1n) is 4.94. The number of benzene rings is 1. The first kappa shape index (κ1) is 9.81. The lowest BCUT2D eigenvalue weighted by Crippen LogP contribution is -2.10. The topological polar surface area (TPSA) is 32.3 Å². The molecule has 0 radical (unpaired) electrons.